The van der Waals surface area contributed by atoms with Gasteiger partial charge in [0, 0.05) is 18.1 Å². The van der Waals surface area contributed by atoms with Crippen molar-refractivity contribution in [2.75, 3.05) is 12.4 Å². The van der Waals surface area contributed by atoms with E-state index in [0.29, 0.717) is 21.7 Å². The summed E-state index contributed by atoms with van der Waals surface area (Å²) in [6.45, 7) is 0. The summed E-state index contributed by atoms with van der Waals surface area (Å²) in [5, 5.41) is 22.3. The summed E-state index contributed by atoms with van der Waals surface area (Å²) < 4.78 is 0. The molecule has 7 heteroatoms. The number of H-pyrrole nitrogens is 1. The molecule has 0 spiro atoms. The number of thiocarbonyl (C=S) groups is 1. The standard InChI is InChI=1S/C10H10N4O2S/c1-11-10(17)13-5-2-6(9(15)16)7-4-12-14-8(7)3-5/h2-4H,1H3,(H,12,14)(H,15,16)(H2,11,13,17). The van der Waals surface area contributed by atoms with Crippen LogP contribution in [0.3, 0.4) is 0 Å². The van der Waals surface area contributed by atoms with Gasteiger partial charge in [0.05, 0.1) is 17.3 Å². The van der Waals surface area contributed by atoms with Gasteiger partial charge in [-0.25, -0.2) is 4.79 Å². The van der Waals surface area contributed by atoms with Gasteiger partial charge in [0.1, 0.15) is 0 Å². The fraction of sp³-hybridized carbons (Fsp3) is 0.100. The number of carboxylic acid groups (broad SMARTS) is 1. The van der Waals surface area contributed by atoms with E-state index in [9.17, 15) is 4.79 Å². The van der Waals surface area contributed by atoms with Crippen LogP contribution in [-0.4, -0.2) is 33.4 Å². The highest BCUT2D eigenvalue weighted by atomic mass is 32.1. The van der Waals surface area contributed by atoms with Gasteiger partial charge >= 0.3 is 5.97 Å². The van der Waals surface area contributed by atoms with E-state index in [2.05, 4.69) is 20.8 Å². The Hall–Kier alpha value is -2.15. The van der Waals surface area contributed by atoms with Crippen molar-refractivity contribution < 1.29 is 9.90 Å². The largest absolute Gasteiger partial charge is 0.478 e. The van der Waals surface area contributed by atoms with Gasteiger partial charge in [0.25, 0.3) is 0 Å². The van der Waals surface area contributed by atoms with E-state index >= 15 is 0 Å². The van der Waals surface area contributed by atoms with Crippen molar-refractivity contribution in [1.29, 1.82) is 0 Å². The van der Waals surface area contributed by atoms with Crippen molar-refractivity contribution >= 4 is 39.9 Å². The monoisotopic (exact) mass is 250 g/mol. The molecule has 6 nitrogen and oxygen atoms in total. The zero-order chi connectivity index (χ0) is 12.4. The maximum atomic E-state index is 11.1. The lowest BCUT2D eigenvalue weighted by molar-refractivity contribution is 0.0699. The molecule has 0 saturated heterocycles. The van der Waals surface area contributed by atoms with E-state index in [0.717, 1.165) is 0 Å². The van der Waals surface area contributed by atoms with Crippen LogP contribution in [-0.2, 0) is 0 Å². The number of fused-ring (bicyclic) bond motifs is 1. The molecule has 2 aromatic rings. The van der Waals surface area contributed by atoms with Crippen molar-refractivity contribution in [3.8, 4) is 0 Å². The molecule has 0 radical (unpaired) electrons. The summed E-state index contributed by atoms with van der Waals surface area (Å²) in [6.07, 6.45) is 1.49. The van der Waals surface area contributed by atoms with Crippen LogP contribution >= 0.6 is 12.2 Å². The average Bonchev–Trinajstić information content (AvgIpc) is 2.75. The Morgan fingerprint density at radius 1 is 1.53 bits per heavy atom. The predicted octanol–water partition coefficient (Wildman–Crippen LogP) is 1.18. The Morgan fingerprint density at radius 3 is 2.94 bits per heavy atom. The summed E-state index contributed by atoms with van der Waals surface area (Å²) in [7, 11) is 1.68. The van der Waals surface area contributed by atoms with Crippen molar-refractivity contribution in [3.05, 3.63) is 23.9 Å². The molecule has 2 rings (SSSR count). The van der Waals surface area contributed by atoms with Gasteiger partial charge in [-0.1, -0.05) is 0 Å². The molecule has 0 bridgehead atoms. The average molecular weight is 250 g/mol. The number of rotatable bonds is 2. The molecule has 88 valence electrons. The second-order valence-corrected chi connectivity index (χ2v) is 3.77. The fourth-order valence-electron chi connectivity index (χ4n) is 1.49. The lowest BCUT2D eigenvalue weighted by Crippen LogP contribution is -2.24. The number of anilines is 1. The minimum atomic E-state index is -1.00. The van der Waals surface area contributed by atoms with Crippen LogP contribution in [0.4, 0.5) is 5.69 Å². The summed E-state index contributed by atoms with van der Waals surface area (Å²) in [5.74, 6) is -1.00. The van der Waals surface area contributed by atoms with E-state index in [1.54, 1.807) is 13.1 Å². The molecule has 1 aromatic carbocycles. The first-order valence-electron chi connectivity index (χ1n) is 4.81. The lowest BCUT2D eigenvalue weighted by atomic mass is 10.1. The second kappa shape index (κ2) is 4.38. The predicted molar refractivity (Wildman–Crippen MR) is 68.3 cm³/mol. The van der Waals surface area contributed by atoms with Crippen molar-refractivity contribution in [2.24, 2.45) is 0 Å². The molecule has 1 aromatic heterocycles. The van der Waals surface area contributed by atoms with Crippen LogP contribution in [0.25, 0.3) is 10.9 Å². The molecular weight excluding hydrogens is 240 g/mol. The van der Waals surface area contributed by atoms with Crippen molar-refractivity contribution in [1.82, 2.24) is 15.5 Å². The summed E-state index contributed by atoms with van der Waals surface area (Å²) in [4.78, 5) is 11.1. The SMILES string of the molecule is CNC(=S)Nc1cc(C(=O)O)c2cn[nH]c2c1. The first-order chi connectivity index (χ1) is 8.11. The first-order valence-corrected chi connectivity index (χ1v) is 5.22. The molecule has 0 aliphatic rings. The van der Waals surface area contributed by atoms with Crippen molar-refractivity contribution in [3.63, 3.8) is 0 Å². The second-order valence-electron chi connectivity index (χ2n) is 3.36. The van der Waals surface area contributed by atoms with Crippen LogP contribution in [0, 0.1) is 0 Å². The van der Waals surface area contributed by atoms with Crippen LogP contribution < -0.4 is 10.6 Å². The smallest absolute Gasteiger partial charge is 0.336 e. The van der Waals surface area contributed by atoms with Gasteiger partial charge in [0.2, 0.25) is 0 Å². The highest BCUT2D eigenvalue weighted by molar-refractivity contribution is 7.80. The van der Waals surface area contributed by atoms with Crippen molar-refractivity contribution in [2.45, 2.75) is 0 Å². The number of aromatic carboxylic acids is 1. The topological polar surface area (TPSA) is 90.0 Å². The quantitative estimate of drug-likeness (QED) is 0.598. The van der Waals surface area contributed by atoms with Crippen LogP contribution in [0.2, 0.25) is 0 Å². The zero-order valence-corrected chi connectivity index (χ0v) is 9.76. The Bertz CT molecular complexity index is 593. The number of nitrogens with zero attached hydrogens (tertiary/aromatic N) is 1. The number of nitrogens with one attached hydrogen (secondary N) is 3. The first kappa shape index (κ1) is 11.3. The number of benzene rings is 1. The van der Waals surface area contributed by atoms with Gasteiger partial charge in [0.15, 0.2) is 5.11 Å². The molecule has 0 aliphatic carbocycles. The molecular formula is C10H10N4O2S. The van der Waals surface area contributed by atoms with E-state index in [4.69, 9.17) is 17.3 Å². The highest BCUT2D eigenvalue weighted by Crippen LogP contribution is 2.22. The maximum Gasteiger partial charge on any atom is 0.336 e. The summed E-state index contributed by atoms with van der Waals surface area (Å²) >= 11 is 4.95. The van der Waals surface area contributed by atoms with Crippen LogP contribution in [0.15, 0.2) is 18.3 Å². The summed E-state index contributed by atoms with van der Waals surface area (Å²) in [5.41, 5.74) is 1.42. The minimum Gasteiger partial charge on any atom is -0.478 e. The van der Waals surface area contributed by atoms with Gasteiger partial charge in [-0.15, -0.1) is 0 Å². The maximum absolute atomic E-state index is 11.1. The van der Waals surface area contributed by atoms with Crippen LogP contribution in [0.1, 0.15) is 10.4 Å². The number of hydrogen-bond acceptors (Lipinski definition) is 3. The van der Waals surface area contributed by atoms with Crippen LogP contribution in [0.5, 0.6) is 0 Å². The lowest BCUT2D eigenvalue weighted by Gasteiger charge is -2.08. The van der Waals surface area contributed by atoms with Gasteiger partial charge < -0.3 is 15.7 Å². The fourth-order valence-corrected chi connectivity index (χ4v) is 1.61. The molecule has 0 amide bonds. The molecule has 0 saturated carbocycles. The third-order valence-corrected chi connectivity index (χ3v) is 2.58. The molecule has 0 atom stereocenters. The number of carbonyl (C=O) groups is 1. The molecule has 17 heavy (non-hydrogen) atoms. The summed E-state index contributed by atoms with van der Waals surface area (Å²) in [6, 6.07) is 3.27. The van der Waals surface area contributed by atoms with E-state index in [1.807, 2.05) is 0 Å². The molecule has 0 fully saturated rings. The van der Waals surface area contributed by atoms with E-state index < -0.39 is 5.97 Å². The normalized spacial score (nSPS) is 10.2. The van der Waals surface area contributed by atoms with E-state index in [1.165, 1.54) is 12.3 Å². The van der Waals surface area contributed by atoms with Gasteiger partial charge in [-0.3, -0.25) is 5.10 Å². The molecule has 0 aliphatic heterocycles. The van der Waals surface area contributed by atoms with E-state index in [-0.39, 0.29) is 5.56 Å². The third kappa shape index (κ3) is 2.18. The minimum absolute atomic E-state index is 0.178. The van der Waals surface area contributed by atoms with Gasteiger partial charge in [-0.05, 0) is 24.4 Å². The number of aromatic amines is 1. The Balaban J connectivity index is 2.51. The Labute approximate surface area is 102 Å². The Kier molecular flexibility index (Phi) is 2.92. The molecule has 4 N–H and O–H groups in total. The molecule has 1 heterocycles. The number of hydrogen-bond donors (Lipinski definition) is 4. The number of carboxylic acids is 1. The highest BCUT2D eigenvalue weighted by Gasteiger charge is 2.12. The third-order valence-electron chi connectivity index (χ3n) is 2.27. The Morgan fingerprint density at radius 2 is 2.29 bits per heavy atom. The number of aromatic nitrogens is 2. The van der Waals surface area contributed by atoms with Gasteiger partial charge in [-0.2, -0.15) is 5.10 Å². The zero-order valence-electron chi connectivity index (χ0n) is 8.94. The molecule has 0 unspecified atom stereocenters.